The van der Waals surface area contributed by atoms with Gasteiger partial charge in [-0.25, -0.2) is 0 Å². The van der Waals surface area contributed by atoms with E-state index >= 15 is 0 Å². The Morgan fingerprint density at radius 2 is 2.19 bits per heavy atom. The number of halogens is 1. The Bertz CT molecular complexity index is 322. The molecule has 0 bridgehead atoms. The maximum atomic E-state index is 5.86. The summed E-state index contributed by atoms with van der Waals surface area (Å²) in [6.45, 7) is 8.24. The van der Waals surface area contributed by atoms with E-state index in [2.05, 4.69) is 48.6 Å². The number of hydrogen-bond donors (Lipinski definition) is 0. The molecule has 1 atom stereocenters. The van der Waals surface area contributed by atoms with Crippen LogP contribution in [0.5, 0.6) is 0 Å². The average Bonchev–Trinajstić information content (AvgIpc) is 2.70. The van der Waals surface area contributed by atoms with E-state index in [1.54, 1.807) is 0 Å². The van der Waals surface area contributed by atoms with Crippen LogP contribution in [-0.4, -0.2) is 33.6 Å². The number of nitrogens with zero attached hydrogens (tertiary/aromatic N) is 3. The molecule has 0 aliphatic heterocycles. The lowest BCUT2D eigenvalue weighted by Gasteiger charge is -2.22. The van der Waals surface area contributed by atoms with E-state index in [0.29, 0.717) is 11.9 Å². The third kappa shape index (κ3) is 3.22. The van der Waals surface area contributed by atoms with Crippen molar-refractivity contribution in [1.82, 2.24) is 14.7 Å². The van der Waals surface area contributed by atoms with Crippen molar-refractivity contribution in [2.24, 2.45) is 0 Å². The van der Waals surface area contributed by atoms with Gasteiger partial charge in [-0.2, -0.15) is 5.10 Å². The fraction of sp³-hybridized carbons (Fsp3) is 0.750. The molecule has 0 N–H and O–H groups in total. The van der Waals surface area contributed by atoms with Crippen LogP contribution in [0.1, 0.15) is 32.2 Å². The second-order valence-electron chi connectivity index (χ2n) is 4.21. The molecule has 1 aromatic heterocycles. The van der Waals surface area contributed by atoms with Gasteiger partial charge in [-0.3, -0.25) is 9.58 Å². The fourth-order valence-corrected chi connectivity index (χ4v) is 1.85. The normalized spacial score (nSPS) is 13.4. The van der Waals surface area contributed by atoms with Crippen molar-refractivity contribution >= 4 is 11.6 Å². The summed E-state index contributed by atoms with van der Waals surface area (Å²) in [7, 11) is 2.10. The summed E-state index contributed by atoms with van der Waals surface area (Å²) in [6.07, 6.45) is 0.995. The molecule has 1 heterocycles. The maximum absolute atomic E-state index is 5.86. The van der Waals surface area contributed by atoms with Gasteiger partial charge in [-0.05, 0) is 33.4 Å². The highest BCUT2D eigenvalue weighted by molar-refractivity contribution is 6.18. The van der Waals surface area contributed by atoms with E-state index in [4.69, 9.17) is 11.6 Å². The van der Waals surface area contributed by atoms with Crippen LogP contribution in [0.3, 0.4) is 0 Å². The molecule has 3 nitrogen and oxygen atoms in total. The molecule has 0 aromatic carbocycles. The van der Waals surface area contributed by atoms with Gasteiger partial charge in [-0.1, -0.05) is 6.92 Å². The molecule has 0 saturated heterocycles. The Hall–Kier alpha value is -0.540. The van der Waals surface area contributed by atoms with Crippen molar-refractivity contribution in [1.29, 1.82) is 0 Å². The Labute approximate surface area is 103 Å². The maximum Gasteiger partial charge on any atom is 0.0625 e. The van der Waals surface area contributed by atoms with E-state index in [1.807, 2.05) is 0 Å². The number of aromatic nitrogens is 2. The largest absolute Gasteiger partial charge is 0.297 e. The van der Waals surface area contributed by atoms with Gasteiger partial charge < -0.3 is 0 Å². The second-order valence-corrected chi connectivity index (χ2v) is 4.52. The van der Waals surface area contributed by atoms with Crippen LogP contribution in [0, 0.1) is 0 Å². The summed E-state index contributed by atoms with van der Waals surface area (Å²) in [5.74, 6) is 0.664. The number of aryl methyl sites for hydroxylation is 2. The molecule has 1 unspecified atom stereocenters. The zero-order valence-corrected chi connectivity index (χ0v) is 11.5. The molecule has 0 fully saturated rings. The van der Waals surface area contributed by atoms with Crippen LogP contribution in [-0.2, 0) is 19.5 Å². The van der Waals surface area contributed by atoms with Crippen LogP contribution in [0.15, 0.2) is 6.07 Å². The number of hydrogen-bond acceptors (Lipinski definition) is 2. The Morgan fingerprint density at radius 3 is 2.69 bits per heavy atom. The minimum Gasteiger partial charge on any atom is -0.297 e. The van der Waals surface area contributed by atoms with Gasteiger partial charge in [0.15, 0.2) is 0 Å². The van der Waals surface area contributed by atoms with Gasteiger partial charge in [0.1, 0.15) is 0 Å². The van der Waals surface area contributed by atoms with Gasteiger partial charge in [0, 0.05) is 25.0 Å². The van der Waals surface area contributed by atoms with E-state index in [0.717, 1.165) is 19.5 Å². The van der Waals surface area contributed by atoms with E-state index in [1.165, 1.54) is 11.4 Å². The summed E-state index contributed by atoms with van der Waals surface area (Å²) in [5, 5.41) is 4.54. The van der Waals surface area contributed by atoms with E-state index in [9.17, 15) is 0 Å². The molecule has 4 heteroatoms. The van der Waals surface area contributed by atoms with Crippen molar-refractivity contribution in [2.45, 2.75) is 46.3 Å². The SMILES string of the molecule is CCc1cc(CN(C)C(C)CCl)n(CC)n1. The molecular weight excluding hydrogens is 222 g/mol. The monoisotopic (exact) mass is 243 g/mol. The standard InChI is InChI=1S/C12H22ClN3/c1-5-11-7-12(16(6-2)14-11)9-15(4)10(3)8-13/h7,10H,5-6,8-9H2,1-4H3. The van der Waals surface area contributed by atoms with Gasteiger partial charge in [0.2, 0.25) is 0 Å². The molecule has 1 rings (SSSR count). The van der Waals surface area contributed by atoms with Gasteiger partial charge >= 0.3 is 0 Å². The zero-order valence-electron chi connectivity index (χ0n) is 10.7. The molecule has 0 amide bonds. The molecule has 92 valence electrons. The number of rotatable bonds is 6. The molecule has 1 aromatic rings. The highest BCUT2D eigenvalue weighted by Crippen LogP contribution is 2.10. The lowest BCUT2D eigenvalue weighted by Crippen LogP contribution is -2.30. The first kappa shape index (κ1) is 13.5. The van der Waals surface area contributed by atoms with Crippen molar-refractivity contribution in [2.75, 3.05) is 12.9 Å². The molecule has 0 saturated carbocycles. The molecule has 0 radical (unpaired) electrons. The summed E-state index contributed by atoms with van der Waals surface area (Å²) >= 11 is 5.86. The summed E-state index contributed by atoms with van der Waals surface area (Å²) in [5.41, 5.74) is 2.45. The van der Waals surface area contributed by atoms with Crippen molar-refractivity contribution in [3.05, 3.63) is 17.5 Å². The van der Waals surface area contributed by atoms with Crippen LogP contribution in [0.25, 0.3) is 0 Å². The molecule has 0 spiro atoms. The van der Waals surface area contributed by atoms with Gasteiger partial charge in [0.05, 0.1) is 11.4 Å². The lowest BCUT2D eigenvalue weighted by atomic mass is 10.2. The first-order valence-electron chi connectivity index (χ1n) is 5.94. The highest BCUT2D eigenvalue weighted by atomic mass is 35.5. The predicted molar refractivity (Wildman–Crippen MR) is 68.9 cm³/mol. The van der Waals surface area contributed by atoms with Crippen molar-refractivity contribution in [3.8, 4) is 0 Å². The molecule has 0 aliphatic carbocycles. The Balaban J connectivity index is 2.75. The summed E-state index contributed by atoms with van der Waals surface area (Å²) in [4.78, 5) is 2.26. The van der Waals surface area contributed by atoms with Crippen LogP contribution < -0.4 is 0 Å². The summed E-state index contributed by atoms with van der Waals surface area (Å²) < 4.78 is 2.08. The zero-order chi connectivity index (χ0) is 12.1. The van der Waals surface area contributed by atoms with Crippen LogP contribution in [0.2, 0.25) is 0 Å². The molecule has 0 aliphatic rings. The molecular formula is C12H22ClN3. The lowest BCUT2D eigenvalue weighted by molar-refractivity contribution is 0.260. The second kappa shape index (κ2) is 6.26. The van der Waals surface area contributed by atoms with Crippen LogP contribution in [0.4, 0.5) is 0 Å². The topological polar surface area (TPSA) is 21.1 Å². The first-order valence-corrected chi connectivity index (χ1v) is 6.47. The minimum atomic E-state index is 0.395. The quantitative estimate of drug-likeness (QED) is 0.716. The third-order valence-corrected chi connectivity index (χ3v) is 3.41. The first-order chi connectivity index (χ1) is 7.62. The average molecular weight is 244 g/mol. The van der Waals surface area contributed by atoms with Crippen molar-refractivity contribution < 1.29 is 0 Å². The third-order valence-electron chi connectivity index (χ3n) is 2.96. The minimum absolute atomic E-state index is 0.395. The summed E-state index contributed by atoms with van der Waals surface area (Å²) in [6, 6.07) is 2.59. The highest BCUT2D eigenvalue weighted by Gasteiger charge is 2.12. The van der Waals surface area contributed by atoms with Crippen molar-refractivity contribution in [3.63, 3.8) is 0 Å². The van der Waals surface area contributed by atoms with Gasteiger partial charge in [0.25, 0.3) is 0 Å². The van der Waals surface area contributed by atoms with E-state index in [-0.39, 0.29) is 0 Å². The van der Waals surface area contributed by atoms with Gasteiger partial charge in [-0.15, -0.1) is 11.6 Å². The van der Waals surface area contributed by atoms with Crippen LogP contribution >= 0.6 is 11.6 Å². The fourth-order valence-electron chi connectivity index (χ4n) is 1.62. The predicted octanol–water partition coefficient (Wildman–Crippen LogP) is 2.52. The smallest absolute Gasteiger partial charge is 0.0625 e. The Morgan fingerprint density at radius 1 is 1.50 bits per heavy atom. The molecule has 16 heavy (non-hydrogen) atoms. The Kier molecular flexibility index (Phi) is 5.29. The number of alkyl halides is 1. The van der Waals surface area contributed by atoms with E-state index < -0.39 is 0 Å².